The van der Waals surface area contributed by atoms with Gasteiger partial charge in [-0.15, -0.1) is 0 Å². The molecule has 1 amide bonds. The fourth-order valence-electron chi connectivity index (χ4n) is 3.68. The molecule has 0 spiro atoms. The number of aliphatic hydroxyl groups excluding tert-OH is 1. The van der Waals surface area contributed by atoms with E-state index in [2.05, 4.69) is 40.8 Å². The summed E-state index contributed by atoms with van der Waals surface area (Å²) in [6.45, 7) is 10.0. The van der Waals surface area contributed by atoms with E-state index in [1.165, 1.54) is 5.56 Å². The number of carbonyl (C=O) groups is 1. The minimum atomic E-state index is 0.181. The van der Waals surface area contributed by atoms with Gasteiger partial charge in [-0.1, -0.05) is 36.8 Å². The predicted molar refractivity (Wildman–Crippen MR) is 132 cm³/mol. The minimum Gasteiger partial charge on any atom is -0.395 e. The van der Waals surface area contributed by atoms with E-state index in [1.807, 2.05) is 24.5 Å². The molecular formula is C25H35N5O3. The Morgan fingerprint density at radius 3 is 2.61 bits per heavy atom. The van der Waals surface area contributed by atoms with Crippen molar-refractivity contribution >= 4 is 24.1 Å². The van der Waals surface area contributed by atoms with Crippen molar-refractivity contribution < 1.29 is 14.6 Å². The van der Waals surface area contributed by atoms with Crippen LogP contribution in [0.15, 0.2) is 41.5 Å². The van der Waals surface area contributed by atoms with E-state index >= 15 is 0 Å². The molecule has 0 atom stereocenters. The van der Waals surface area contributed by atoms with Crippen molar-refractivity contribution in [3.05, 3.63) is 42.1 Å². The van der Waals surface area contributed by atoms with Crippen molar-refractivity contribution in [1.29, 1.82) is 0 Å². The number of nitrogens with zero attached hydrogens (tertiary/aromatic N) is 5. The molecule has 0 aliphatic carbocycles. The molecule has 1 N–H and O–H groups in total. The zero-order valence-electron chi connectivity index (χ0n) is 19.7. The second-order valence-corrected chi connectivity index (χ2v) is 8.18. The van der Waals surface area contributed by atoms with E-state index in [-0.39, 0.29) is 6.61 Å². The Bertz CT molecular complexity index is 895. The molecule has 0 radical (unpaired) electrons. The third kappa shape index (κ3) is 7.35. The van der Waals surface area contributed by atoms with Crippen LogP contribution in [0.5, 0.6) is 0 Å². The summed E-state index contributed by atoms with van der Waals surface area (Å²) in [6, 6.07) is 10.1. The van der Waals surface area contributed by atoms with E-state index in [0.29, 0.717) is 37.7 Å². The molecule has 1 fully saturated rings. The van der Waals surface area contributed by atoms with E-state index < -0.39 is 0 Å². The van der Waals surface area contributed by atoms with Crippen molar-refractivity contribution in [1.82, 2.24) is 14.8 Å². The van der Waals surface area contributed by atoms with Crippen molar-refractivity contribution in [2.24, 2.45) is 4.99 Å². The van der Waals surface area contributed by atoms with Gasteiger partial charge in [0.05, 0.1) is 37.1 Å². The number of aliphatic hydroxyl groups is 1. The molecule has 0 saturated carbocycles. The lowest BCUT2D eigenvalue weighted by Crippen LogP contribution is -2.46. The maximum atomic E-state index is 12.0. The lowest BCUT2D eigenvalue weighted by Gasteiger charge is -2.33. The summed E-state index contributed by atoms with van der Waals surface area (Å²) in [7, 11) is 0. The van der Waals surface area contributed by atoms with Crippen LogP contribution in [0.4, 0.5) is 11.4 Å². The molecule has 0 unspecified atom stereocenters. The van der Waals surface area contributed by atoms with Gasteiger partial charge in [0.2, 0.25) is 6.41 Å². The van der Waals surface area contributed by atoms with Crippen LogP contribution >= 0.6 is 0 Å². The van der Waals surface area contributed by atoms with Gasteiger partial charge in [-0.3, -0.25) is 14.7 Å². The standard InChI is InChI=1S/C25H35N5O3/c1-3-15-33-16-13-30(20-32)25-17-23(22-6-4-21(2)5-7-22)26-18-24(25)27-19-29-10-8-28(9-11-29)12-14-31/h4-7,17-20,31H,3,8-16H2,1-2H3/b27-19+. The Hall–Kier alpha value is -2.81. The normalized spacial score (nSPS) is 14.7. The second kappa shape index (κ2) is 13.0. The highest BCUT2D eigenvalue weighted by atomic mass is 16.5. The quantitative estimate of drug-likeness (QED) is 0.230. The van der Waals surface area contributed by atoms with Gasteiger partial charge in [0.15, 0.2) is 0 Å². The minimum absolute atomic E-state index is 0.181. The molecule has 8 nitrogen and oxygen atoms in total. The first-order valence-corrected chi connectivity index (χ1v) is 11.6. The summed E-state index contributed by atoms with van der Waals surface area (Å²) in [4.78, 5) is 27.3. The third-order valence-corrected chi connectivity index (χ3v) is 5.65. The average molecular weight is 454 g/mol. The number of carbonyl (C=O) groups excluding carboxylic acids is 1. The molecule has 1 aromatic heterocycles. The number of hydrogen-bond donors (Lipinski definition) is 1. The van der Waals surface area contributed by atoms with Gasteiger partial charge >= 0.3 is 0 Å². The van der Waals surface area contributed by atoms with Gasteiger partial charge in [-0.25, -0.2) is 4.99 Å². The Morgan fingerprint density at radius 1 is 1.18 bits per heavy atom. The zero-order chi connectivity index (χ0) is 23.5. The van der Waals surface area contributed by atoms with Crippen molar-refractivity contribution in [3.63, 3.8) is 0 Å². The zero-order valence-corrected chi connectivity index (χ0v) is 19.7. The number of rotatable bonds is 12. The fraction of sp³-hybridized carbons (Fsp3) is 0.480. The molecular weight excluding hydrogens is 418 g/mol. The van der Waals surface area contributed by atoms with Crippen LogP contribution in [0, 0.1) is 6.92 Å². The summed E-state index contributed by atoms with van der Waals surface area (Å²) in [5.41, 5.74) is 4.33. The Labute approximate surface area is 196 Å². The fourth-order valence-corrected chi connectivity index (χ4v) is 3.68. The number of piperazine rings is 1. The summed E-state index contributed by atoms with van der Waals surface area (Å²) >= 11 is 0. The molecule has 2 heterocycles. The number of aliphatic imine (C=N–C) groups is 1. The number of aryl methyl sites for hydroxylation is 1. The van der Waals surface area contributed by atoms with Crippen LogP contribution in [0.25, 0.3) is 11.3 Å². The molecule has 0 bridgehead atoms. The number of ether oxygens (including phenoxy) is 1. The number of β-amino-alcohol motifs (C(OH)–C–C–N with tert-alkyl or cyclic N) is 1. The molecule has 178 valence electrons. The summed E-state index contributed by atoms with van der Waals surface area (Å²) in [5, 5.41) is 9.12. The topological polar surface area (TPSA) is 81.5 Å². The molecule has 1 saturated heterocycles. The number of amides is 1. The molecule has 1 aliphatic rings. The Kier molecular flexibility index (Phi) is 9.80. The smallest absolute Gasteiger partial charge is 0.214 e. The number of anilines is 1. The first-order chi connectivity index (χ1) is 16.1. The Balaban J connectivity index is 1.81. The monoisotopic (exact) mass is 453 g/mol. The van der Waals surface area contributed by atoms with Gasteiger partial charge < -0.3 is 19.6 Å². The number of benzene rings is 1. The van der Waals surface area contributed by atoms with Gasteiger partial charge in [-0.05, 0) is 19.4 Å². The van der Waals surface area contributed by atoms with Crippen LogP contribution in [-0.4, -0.2) is 91.7 Å². The van der Waals surface area contributed by atoms with Gasteiger partial charge in [0.1, 0.15) is 5.69 Å². The van der Waals surface area contributed by atoms with Gasteiger partial charge in [0, 0.05) is 51.4 Å². The number of hydrogen-bond acceptors (Lipinski definition) is 6. The average Bonchev–Trinajstić information content (AvgIpc) is 2.84. The molecule has 1 aliphatic heterocycles. The Morgan fingerprint density at radius 2 is 1.94 bits per heavy atom. The lowest BCUT2D eigenvalue weighted by atomic mass is 10.1. The lowest BCUT2D eigenvalue weighted by molar-refractivity contribution is -0.107. The van der Waals surface area contributed by atoms with Crippen molar-refractivity contribution in [2.75, 3.05) is 64.0 Å². The summed E-state index contributed by atoms with van der Waals surface area (Å²) in [5.74, 6) is 0. The van der Waals surface area contributed by atoms with Crippen LogP contribution < -0.4 is 4.90 Å². The molecule has 8 heteroatoms. The van der Waals surface area contributed by atoms with Crippen molar-refractivity contribution in [3.8, 4) is 11.3 Å². The molecule has 1 aromatic carbocycles. The highest BCUT2D eigenvalue weighted by molar-refractivity contribution is 5.85. The third-order valence-electron chi connectivity index (χ3n) is 5.65. The van der Waals surface area contributed by atoms with Crippen LogP contribution in [0.1, 0.15) is 18.9 Å². The first-order valence-electron chi connectivity index (χ1n) is 11.6. The SMILES string of the molecule is CCCOCCN(C=O)c1cc(-c2ccc(C)cc2)ncc1/N=C/N1CCN(CCO)CC1. The summed E-state index contributed by atoms with van der Waals surface area (Å²) in [6.07, 6.45) is 5.33. The van der Waals surface area contributed by atoms with E-state index in [0.717, 1.165) is 50.3 Å². The maximum absolute atomic E-state index is 12.0. The van der Waals surface area contributed by atoms with Crippen LogP contribution in [0.2, 0.25) is 0 Å². The maximum Gasteiger partial charge on any atom is 0.214 e. The highest BCUT2D eigenvalue weighted by Crippen LogP contribution is 2.31. The van der Waals surface area contributed by atoms with Crippen LogP contribution in [0.3, 0.4) is 0 Å². The van der Waals surface area contributed by atoms with E-state index in [1.54, 1.807) is 11.1 Å². The van der Waals surface area contributed by atoms with Crippen molar-refractivity contribution in [2.45, 2.75) is 20.3 Å². The first kappa shape index (κ1) is 24.8. The molecule has 33 heavy (non-hydrogen) atoms. The van der Waals surface area contributed by atoms with E-state index in [4.69, 9.17) is 14.8 Å². The number of aromatic nitrogens is 1. The summed E-state index contributed by atoms with van der Waals surface area (Å²) < 4.78 is 5.60. The second-order valence-electron chi connectivity index (χ2n) is 8.18. The van der Waals surface area contributed by atoms with Gasteiger partial charge in [0.25, 0.3) is 0 Å². The van der Waals surface area contributed by atoms with Crippen LogP contribution in [-0.2, 0) is 9.53 Å². The van der Waals surface area contributed by atoms with Gasteiger partial charge in [-0.2, -0.15) is 0 Å². The molecule has 3 rings (SSSR count). The molecule has 2 aromatic rings. The largest absolute Gasteiger partial charge is 0.395 e. The van der Waals surface area contributed by atoms with E-state index in [9.17, 15) is 4.79 Å². The number of pyridine rings is 1. The highest BCUT2D eigenvalue weighted by Gasteiger charge is 2.16. The predicted octanol–water partition coefficient (Wildman–Crippen LogP) is 2.72.